The Morgan fingerprint density at radius 2 is 1.47 bits per heavy atom. The largest absolute Gasteiger partial charge is 0.183 e. The number of fused-ring (bicyclic) bond motifs is 3. The topological polar surface area (TPSA) is 0 Å². The van der Waals surface area contributed by atoms with Crippen molar-refractivity contribution in [3.8, 4) is 0 Å². The van der Waals surface area contributed by atoms with Crippen LogP contribution >= 0.6 is 0 Å². The first-order valence-corrected chi connectivity index (χ1v) is 4.73. The van der Waals surface area contributed by atoms with Crippen LogP contribution in [-0.4, -0.2) is 0 Å². The molecule has 0 heterocycles. The van der Waals surface area contributed by atoms with Crippen LogP contribution in [-0.2, 0) is 32.7 Å². The summed E-state index contributed by atoms with van der Waals surface area (Å²) in [7, 11) is 0. The monoisotopic (exact) mass is 266 g/mol. The average Bonchev–Trinajstić information content (AvgIpc) is 2.29. The van der Waals surface area contributed by atoms with Gasteiger partial charge in [0.25, 0.3) is 0 Å². The molecule has 0 aliphatic rings. The van der Waals surface area contributed by atoms with Crippen molar-refractivity contribution >= 4 is 21.5 Å². The van der Waals surface area contributed by atoms with Crippen molar-refractivity contribution < 1.29 is 32.7 Å². The molecule has 0 spiro atoms. The maximum absolute atomic E-state index is 3.13. The molecule has 0 nitrogen and oxygen atoms in total. The van der Waals surface area contributed by atoms with Gasteiger partial charge in [-0.05, 0) is 5.39 Å². The number of benzene rings is 3. The first kappa shape index (κ1) is 10.8. The molecule has 0 amide bonds. The fourth-order valence-electron chi connectivity index (χ4n) is 1.89. The first-order chi connectivity index (χ1) is 6.95. The van der Waals surface area contributed by atoms with Crippen molar-refractivity contribution in [3.63, 3.8) is 0 Å². The fourth-order valence-corrected chi connectivity index (χ4v) is 1.89. The third-order valence-corrected chi connectivity index (χ3v) is 2.59. The van der Waals surface area contributed by atoms with E-state index in [9.17, 15) is 0 Å². The van der Waals surface area contributed by atoms with Gasteiger partial charge in [0.15, 0.2) is 0 Å². The molecule has 0 saturated carbocycles. The van der Waals surface area contributed by atoms with Crippen LogP contribution in [0.4, 0.5) is 0 Å². The molecular formula is C14H9Y-. The number of hydrogen-bond donors (Lipinski definition) is 0. The van der Waals surface area contributed by atoms with E-state index in [1.54, 1.807) is 0 Å². The van der Waals surface area contributed by atoms with Gasteiger partial charge in [-0.1, -0.05) is 41.8 Å². The van der Waals surface area contributed by atoms with Crippen LogP contribution in [0.2, 0.25) is 0 Å². The van der Waals surface area contributed by atoms with Gasteiger partial charge in [-0.3, -0.25) is 0 Å². The molecule has 0 aliphatic carbocycles. The normalized spacial score (nSPS) is 10.1. The zero-order chi connectivity index (χ0) is 9.38. The van der Waals surface area contributed by atoms with E-state index >= 15 is 0 Å². The van der Waals surface area contributed by atoms with Crippen LogP contribution in [0.15, 0.2) is 54.6 Å². The molecule has 0 aromatic heterocycles. The summed E-state index contributed by atoms with van der Waals surface area (Å²) in [5, 5.41) is 5.16. The van der Waals surface area contributed by atoms with Crippen LogP contribution in [0.3, 0.4) is 0 Å². The minimum absolute atomic E-state index is 0. The molecule has 1 heteroatoms. The Labute approximate surface area is 114 Å². The predicted molar refractivity (Wildman–Crippen MR) is 60.3 cm³/mol. The minimum atomic E-state index is 0. The Morgan fingerprint density at radius 3 is 2.33 bits per heavy atom. The van der Waals surface area contributed by atoms with E-state index < -0.39 is 0 Å². The van der Waals surface area contributed by atoms with Crippen LogP contribution < -0.4 is 0 Å². The van der Waals surface area contributed by atoms with Gasteiger partial charge in [0.1, 0.15) is 0 Å². The van der Waals surface area contributed by atoms with Crippen molar-refractivity contribution in [2.75, 3.05) is 0 Å². The van der Waals surface area contributed by atoms with Crippen LogP contribution in [0.5, 0.6) is 0 Å². The van der Waals surface area contributed by atoms with E-state index in [2.05, 4.69) is 54.6 Å². The summed E-state index contributed by atoms with van der Waals surface area (Å²) < 4.78 is 0. The molecule has 0 unspecified atom stereocenters. The van der Waals surface area contributed by atoms with Gasteiger partial charge in [-0.15, -0.1) is 10.8 Å². The SMILES string of the molecule is [Y].[c-]1ccc2ccc3ccccc3c2c1. The fraction of sp³-hybridized carbons (Fsp3) is 0. The molecule has 0 aliphatic heterocycles. The van der Waals surface area contributed by atoms with Crippen LogP contribution in [0.25, 0.3) is 21.5 Å². The van der Waals surface area contributed by atoms with Crippen molar-refractivity contribution in [2.45, 2.75) is 0 Å². The van der Waals surface area contributed by atoms with Crippen molar-refractivity contribution in [2.24, 2.45) is 0 Å². The molecule has 3 aromatic carbocycles. The van der Waals surface area contributed by atoms with Gasteiger partial charge < -0.3 is 0 Å². The van der Waals surface area contributed by atoms with E-state index in [0.29, 0.717) is 0 Å². The second kappa shape index (κ2) is 4.42. The first-order valence-electron chi connectivity index (χ1n) is 4.73. The molecule has 0 saturated heterocycles. The molecule has 3 aromatic rings. The molecule has 0 atom stereocenters. The molecule has 3 rings (SSSR count). The van der Waals surface area contributed by atoms with Crippen LogP contribution in [0, 0.1) is 6.07 Å². The second-order valence-electron chi connectivity index (χ2n) is 3.43. The number of hydrogen-bond acceptors (Lipinski definition) is 0. The average molecular weight is 266 g/mol. The summed E-state index contributed by atoms with van der Waals surface area (Å²) >= 11 is 0. The molecule has 0 fully saturated rings. The van der Waals surface area contributed by atoms with Crippen molar-refractivity contribution in [1.29, 1.82) is 0 Å². The zero-order valence-electron chi connectivity index (χ0n) is 8.27. The molecule has 0 bridgehead atoms. The number of rotatable bonds is 0. The van der Waals surface area contributed by atoms with E-state index in [0.717, 1.165) is 0 Å². The maximum atomic E-state index is 3.13. The molecule has 15 heavy (non-hydrogen) atoms. The predicted octanol–water partition coefficient (Wildman–Crippen LogP) is 3.79. The Bertz CT molecular complexity index is 544. The van der Waals surface area contributed by atoms with Gasteiger partial charge in [-0.2, -0.15) is 24.3 Å². The molecule has 1 radical (unpaired) electrons. The minimum Gasteiger partial charge on any atom is -0.183 e. The van der Waals surface area contributed by atoms with Gasteiger partial charge >= 0.3 is 0 Å². The van der Waals surface area contributed by atoms with E-state index in [4.69, 9.17) is 0 Å². The summed E-state index contributed by atoms with van der Waals surface area (Å²) in [5.41, 5.74) is 0. The van der Waals surface area contributed by atoms with Crippen molar-refractivity contribution in [3.05, 3.63) is 60.7 Å². The van der Waals surface area contributed by atoms with Gasteiger partial charge in [0.2, 0.25) is 0 Å². The summed E-state index contributed by atoms with van der Waals surface area (Å²) in [4.78, 5) is 0. The molecule has 0 N–H and O–H groups in total. The summed E-state index contributed by atoms with van der Waals surface area (Å²) in [6.45, 7) is 0. The summed E-state index contributed by atoms with van der Waals surface area (Å²) in [5.74, 6) is 0. The van der Waals surface area contributed by atoms with E-state index in [-0.39, 0.29) is 32.7 Å². The quantitative estimate of drug-likeness (QED) is 0.429. The van der Waals surface area contributed by atoms with Gasteiger partial charge in [0.05, 0.1) is 0 Å². The second-order valence-corrected chi connectivity index (χ2v) is 3.43. The standard InChI is InChI=1S/C14H9.Y/c1-3-7-13-11(5-1)9-10-12-6-2-4-8-14(12)13;/h1-3,5-10H;/q-1;. The zero-order valence-corrected chi connectivity index (χ0v) is 11.1. The van der Waals surface area contributed by atoms with Gasteiger partial charge in [-0.25, -0.2) is 0 Å². The van der Waals surface area contributed by atoms with Crippen LogP contribution in [0.1, 0.15) is 0 Å². The Hall–Kier alpha value is -0.716. The Balaban J connectivity index is 0.000000853. The Kier molecular flexibility index (Phi) is 3.18. The smallest absolute Gasteiger partial charge is 0 e. The van der Waals surface area contributed by atoms with E-state index in [1.807, 2.05) is 6.07 Å². The third-order valence-electron chi connectivity index (χ3n) is 2.59. The van der Waals surface area contributed by atoms with Gasteiger partial charge in [0, 0.05) is 32.7 Å². The van der Waals surface area contributed by atoms with E-state index in [1.165, 1.54) is 21.5 Å². The summed E-state index contributed by atoms with van der Waals surface area (Å²) in [6, 6.07) is 22.0. The molecule has 69 valence electrons. The summed E-state index contributed by atoms with van der Waals surface area (Å²) in [6.07, 6.45) is 0. The van der Waals surface area contributed by atoms with Crippen molar-refractivity contribution in [1.82, 2.24) is 0 Å². The third kappa shape index (κ3) is 1.84. The molecular weight excluding hydrogens is 257 g/mol. The maximum Gasteiger partial charge on any atom is 0 e. The Morgan fingerprint density at radius 1 is 0.733 bits per heavy atom.